The first-order valence-electron chi connectivity index (χ1n) is 12.2. The summed E-state index contributed by atoms with van der Waals surface area (Å²) in [7, 11) is -3.65. The fourth-order valence-corrected chi connectivity index (χ4v) is 8.48. The molecule has 1 aromatic rings. The van der Waals surface area contributed by atoms with E-state index in [4.69, 9.17) is 0 Å². The summed E-state index contributed by atoms with van der Waals surface area (Å²) in [5, 5.41) is 15.7. The second-order valence-electron chi connectivity index (χ2n) is 10.5. The number of carbonyl (C=O) groups excluding carboxylic acids is 2. The zero-order valence-electron chi connectivity index (χ0n) is 18.9. The van der Waals surface area contributed by atoms with Crippen LogP contribution in [0.5, 0.6) is 5.75 Å². The van der Waals surface area contributed by atoms with E-state index in [0.29, 0.717) is 30.8 Å². The van der Waals surface area contributed by atoms with Crippen molar-refractivity contribution in [3.63, 3.8) is 0 Å². The van der Waals surface area contributed by atoms with Gasteiger partial charge in [-0.1, -0.05) is 0 Å². The lowest BCUT2D eigenvalue weighted by Gasteiger charge is -2.55. The second-order valence-corrected chi connectivity index (χ2v) is 12.5. The van der Waals surface area contributed by atoms with Gasteiger partial charge in [0.1, 0.15) is 5.75 Å². The molecule has 5 aliphatic rings. The smallest absolute Gasteiger partial charge is 0.243 e. The van der Waals surface area contributed by atoms with E-state index in [1.165, 1.54) is 41.8 Å². The van der Waals surface area contributed by atoms with E-state index in [-0.39, 0.29) is 46.5 Å². The predicted octanol–water partition coefficient (Wildman–Crippen LogP) is 2.84. The maximum Gasteiger partial charge on any atom is 0.243 e. The first-order valence-corrected chi connectivity index (χ1v) is 13.6. The molecule has 180 valence electrons. The molecule has 1 aliphatic heterocycles. The summed E-state index contributed by atoms with van der Waals surface area (Å²) in [6.07, 6.45) is 8.45. The number of phenolic OH excluding ortho intramolecular Hbond substituents is 1. The van der Waals surface area contributed by atoms with Gasteiger partial charge in [-0.15, -0.1) is 0 Å². The van der Waals surface area contributed by atoms with Crippen molar-refractivity contribution in [3.8, 4) is 5.75 Å². The van der Waals surface area contributed by atoms with Crippen LogP contribution in [0.25, 0.3) is 0 Å². The first-order chi connectivity index (χ1) is 15.7. The number of nitrogens with zero attached hydrogens (tertiary/aromatic N) is 1. The summed E-state index contributed by atoms with van der Waals surface area (Å²) < 4.78 is 27.0. The highest BCUT2D eigenvalue weighted by atomic mass is 32.2. The largest absolute Gasteiger partial charge is 0.506 e. The molecule has 5 fully saturated rings. The monoisotopic (exact) mass is 475 g/mol. The Morgan fingerprint density at radius 2 is 1.64 bits per heavy atom. The molecule has 1 aromatic carbocycles. The first kappa shape index (κ1) is 22.7. The van der Waals surface area contributed by atoms with Crippen molar-refractivity contribution in [1.82, 2.24) is 9.62 Å². The van der Waals surface area contributed by atoms with Crippen molar-refractivity contribution in [2.45, 2.75) is 62.7 Å². The number of benzene rings is 1. The van der Waals surface area contributed by atoms with Crippen LogP contribution in [0.4, 0.5) is 5.69 Å². The van der Waals surface area contributed by atoms with Gasteiger partial charge in [0, 0.05) is 31.5 Å². The Balaban J connectivity index is 1.17. The molecule has 0 aromatic heterocycles. The molecule has 4 bridgehead atoms. The highest BCUT2D eigenvalue weighted by Crippen LogP contribution is 2.60. The van der Waals surface area contributed by atoms with E-state index in [1.54, 1.807) is 0 Å². The summed E-state index contributed by atoms with van der Waals surface area (Å²) in [4.78, 5) is 25.5. The average Bonchev–Trinajstić information content (AvgIpc) is 3.30. The maximum atomic E-state index is 13.0. The van der Waals surface area contributed by atoms with Crippen LogP contribution in [0.1, 0.15) is 57.8 Å². The highest BCUT2D eigenvalue weighted by molar-refractivity contribution is 7.89. The summed E-state index contributed by atoms with van der Waals surface area (Å²) in [5.41, 5.74) is -0.186. The molecule has 4 saturated carbocycles. The van der Waals surface area contributed by atoms with Crippen LogP contribution in [-0.4, -0.2) is 49.3 Å². The third-order valence-corrected chi connectivity index (χ3v) is 10.00. The molecule has 0 spiro atoms. The molecule has 33 heavy (non-hydrogen) atoms. The van der Waals surface area contributed by atoms with Crippen molar-refractivity contribution in [2.24, 2.45) is 23.2 Å². The number of hydrogen-bond donors (Lipinski definition) is 3. The van der Waals surface area contributed by atoms with Crippen LogP contribution >= 0.6 is 0 Å². The number of hydrogen-bond acceptors (Lipinski definition) is 5. The number of nitrogens with one attached hydrogen (secondary N) is 2. The van der Waals surface area contributed by atoms with Crippen LogP contribution < -0.4 is 10.6 Å². The van der Waals surface area contributed by atoms with Crippen molar-refractivity contribution in [3.05, 3.63) is 18.2 Å². The molecule has 0 atom stereocenters. The molecule has 9 heteroatoms. The molecule has 2 amide bonds. The van der Waals surface area contributed by atoms with E-state index in [0.717, 1.165) is 32.1 Å². The quantitative estimate of drug-likeness (QED) is 0.525. The Kier molecular flexibility index (Phi) is 5.89. The zero-order chi connectivity index (χ0) is 23.2. The standard InChI is InChI=1S/C24H33N3O5S/c28-21-4-3-19(33(31,32)27-7-1-2-8-27)12-20(21)26-22(29)5-6-25-23(30)24-13-16-9-17(14-24)11-18(10-16)15-24/h3-4,12,16-18,28H,1-2,5-11,13-15H2,(H,25,30)(H,26,29). The van der Waals surface area contributed by atoms with E-state index in [9.17, 15) is 23.1 Å². The van der Waals surface area contributed by atoms with Crippen molar-refractivity contribution < 1.29 is 23.1 Å². The number of anilines is 1. The van der Waals surface area contributed by atoms with Gasteiger partial charge in [0.15, 0.2) is 0 Å². The van der Waals surface area contributed by atoms with E-state index >= 15 is 0 Å². The van der Waals surface area contributed by atoms with Crippen LogP contribution in [0.3, 0.4) is 0 Å². The summed E-state index contributed by atoms with van der Waals surface area (Å²) >= 11 is 0. The summed E-state index contributed by atoms with van der Waals surface area (Å²) in [6, 6.07) is 3.94. The second kappa shape index (κ2) is 8.58. The molecular weight excluding hydrogens is 442 g/mol. The SMILES string of the molecule is O=C(CCNC(=O)C12CC3CC(CC(C3)C1)C2)Nc1cc(S(=O)(=O)N2CCCC2)ccc1O. The fourth-order valence-electron chi connectivity index (χ4n) is 6.93. The van der Waals surface area contributed by atoms with Gasteiger partial charge in [-0.05, 0) is 87.3 Å². The fraction of sp³-hybridized carbons (Fsp3) is 0.667. The molecule has 0 radical (unpaired) electrons. The average molecular weight is 476 g/mol. The molecule has 0 unspecified atom stereocenters. The molecule has 6 rings (SSSR count). The Bertz CT molecular complexity index is 1010. The third kappa shape index (κ3) is 4.37. The van der Waals surface area contributed by atoms with Gasteiger partial charge in [0.25, 0.3) is 0 Å². The lowest BCUT2D eigenvalue weighted by atomic mass is 9.49. The van der Waals surface area contributed by atoms with Crippen molar-refractivity contribution in [1.29, 1.82) is 0 Å². The van der Waals surface area contributed by atoms with Gasteiger partial charge < -0.3 is 15.7 Å². The third-order valence-electron chi connectivity index (χ3n) is 8.10. The minimum atomic E-state index is -3.65. The molecular formula is C24H33N3O5S. The Morgan fingerprint density at radius 3 is 2.24 bits per heavy atom. The minimum absolute atomic E-state index is 0.0487. The predicted molar refractivity (Wildman–Crippen MR) is 123 cm³/mol. The topological polar surface area (TPSA) is 116 Å². The summed E-state index contributed by atoms with van der Waals surface area (Å²) in [6.45, 7) is 1.18. The van der Waals surface area contributed by atoms with Crippen LogP contribution in [-0.2, 0) is 19.6 Å². The number of amides is 2. The number of rotatable bonds is 7. The number of sulfonamides is 1. The number of aromatic hydroxyl groups is 1. The lowest BCUT2D eigenvalue weighted by molar-refractivity contribution is -0.146. The highest BCUT2D eigenvalue weighted by Gasteiger charge is 2.54. The Hall–Kier alpha value is -2.13. The minimum Gasteiger partial charge on any atom is -0.506 e. The van der Waals surface area contributed by atoms with Gasteiger partial charge in [-0.2, -0.15) is 4.31 Å². The van der Waals surface area contributed by atoms with Crippen molar-refractivity contribution >= 4 is 27.5 Å². The van der Waals surface area contributed by atoms with Crippen molar-refractivity contribution in [2.75, 3.05) is 25.0 Å². The summed E-state index contributed by atoms with van der Waals surface area (Å²) in [5.74, 6) is 1.54. The zero-order valence-corrected chi connectivity index (χ0v) is 19.7. The molecule has 8 nitrogen and oxygen atoms in total. The van der Waals surface area contributed by atoms with Gasteiger partial charge in [0.2, 0.25) is 21.8 Å². The van der Waals surface area contributed by atoms with Gasteiger partial charge in [0.05, 0.1) is 10.6 Å². The molecule has 4 aliphatic carbocycles. The van der Waals surface area contributed by atoms with Crippen LogP contribution in [0, 0.1) is 23.2 Å². The normalized spacial score (nSPS) is 31.0. The van der Waals surface area contributed by atoms with E-state index in [1.807, 2.05) is 0 Å². The lowest BCUT2D eigenvalue weighted by Crippen LogP contribution is -2.53. The Labute approximate surface area is 195 Å². The van der Waals surface area contributed by atoms with Crippen LogP contribution in [0.2, 0.25) is 0 Å². The Morgan fingerprint density at radius 1 is 1.03 bits per heavy atom. The molecule has 1 saturated heterocycles. The van der Waals surface area contributed by atoms with E-state index < -0.39 is 10.0 Å². The van der Waals surface area contributed by atoms with E-state index in [2.05, 4.69) is 10.6 Å². The molecule has 3 N–H and O–H groups in total. The van der Waals surface area contributed by atoms with Crippen LogP contribution in [0.15, 0.2) is 23.1 Å². The van der Waals surface area contributed by atoms with Gasteiger partial charge in [-0.25, -0.2) is 8.42 Å². The van der Waals surface area contributed by atoms with Gasteiger partial charge in [-0.3, -0.25) is 9.59 Å². The number of carbonyl (C=O) groups is 2. The number of phenols is 1. The van der Waals surface area contributed by atoms with Gasteiger partial charge >= 0.3 is 0 Å². The molecule has 1 heterocycles. The maximum absolute atomic E-state index is 13.0.